The smallest absolute Gasteiger partial charge is 0.244 e. The van der Waals surface area contributed by atoms with Gasteiger partial charge in [0.25, 0.3) is 0 Å². The Balaban J connectivity index is 2.07. The van der Waals surface area contributed by atoms with E-state index < -0.39 is 46.2 Å². The summed E-state index contributed by atoms with van der Waals surface area (Å²) in [7, 11) is 0. The number of benzene rings is 2. The van der Waals surface area contributed by atoms with Gasteiger partial charge in [-0.2, -0.15) is 15.8 Å². The van der Waals surface area contributed by atoms with Crippen LogP contribution in [0, 0.1) is 67.8 Å². The molecule has 1 N–H and O–H groups in total. The van der Waals surface area contributed by atoms with Gasteiger partial charge in [-0.15, -0.1) is 0 Å². The van der Waals surface area contributed by atoms with Gasteiger partial charge in [-0.3, -0.25) is 5.41 Å². The SMILES string of the molecule is CC1C2(c3ccc(F)cc3)OC(=N)C1(C#N)C(C#N)(C#N)C(c1cc(Br)ccc1F)O2. The standard InChI is InChI=1S/C22H13BrF2N4O2/c1-12-21(11-28)19(29)31-22(12,13-2-5-15(24)6-3-13)30-18(20(21,9-26)10-27)16-8-14(23)4-7-17(16)25/h2-8,12,18,29H,1H3. The van der Waals surface area contributed by atoms with Crippen molar-refractivity contribution in [1.29, 1.82) is 21.2 Å². The van der Waals surface area contributed by atoms with Gasteiger partial charge in [-0.1, -0.05) is 22.9 Å². The van der Waals surface area contributed by atoms with Crippen LogP contribution >= 0.6 is 15.9 Å². The summed E-state index contributed by atoms with van der Waals surface area (Å²) in [5, 5.41) is 39.0. The molecule has 2 fully saturated rings. The Kier molecular flexibility index (Phi) is 4.63. The summed E-state index contributed by atoms with van der Waals surface area (Å²) in [5.74, 6) is -4.74. The zero-order valence-electron chi connectivity index (χ0n) is 16.0. The quantitative estimate of drug-likeness (QED) is 0.657. The third kappa shape index (κ3) is 2.44. The number of nitrogens with zero attached hydrogens (tertiary/aromatic N) is 3. The normalized spacial score (nSPS) is 30.5. The van der Waals surface area contributed by atoms with E-state index in [9.17, 15) is 24.6 Å². The molecule has 154 valence electrons. The number of halogens is 3. The summed E-state index contributed by atoms with van der Waals surface area (Å²) in [4.78, 5) is 0. The minimum absolute atomic E-state index is 0.145. The molecule has 0 spiro atoms. The molecule has 0 saturated carbocycles. The molecule has 4 unspecified atom stereocenters. The Morgan fingerprint density at radius 3 is 2.26 bits per heavy atom. The zero-order chi connectivity index (χ0) is 22.6. The van der Waals surface area contributed by atoms with Crippen LogP contribution in [-0.2, 0) is 15.3 Å². The molecule has 4 rings (SSSR count). The fourth-order valence-electron chi connectivity index (χ4n) is 4.54. The molecule has 2 aromatic carbocycles. The second kappa shape index (κ2) is 6.85. The van der Waals surface area contributed by atoms with Crippen molar-refractivity contribution in [3.05, 3.63) is 69.7 Å². The average molecular weight is 483 g/mol. The van der Waals surface area contributed by atoms with Crippen LogP contribution in [0.1, 0.15) is 24.2 Å². The summed E-state index contributed by atoms with van der Waals surface area (Å²) in [6.07, 6.45) is -1.58. The summed E-state index contributed by atoms with van der Waals surface area (Å²) >= 11 is 3.24. The van der Waals surface area contributed by atoms with Crippen LogP contribution in [0.3, 0.4) is 0 Å². The molecule has 2 heterocycles. The molecule has 6 nitrogen and oxygen atoms in total. The van der Waals surface area contributed by atoms with Gasteiger partial charge >= 0.3 is 0 Å². The monoisotopic (exact) mass is 482 g/mol. The molecule has 0 aliphatic carbocycles. The fourth-order valence-corrected chi connectivity index (χ4v) is 4.92. The minimum atomic E-state index is -2.29. The van der Waals surface area contributed by atoms with Crippen LogP contribution in [0.15, 0.2) is 46.9 Å². The lowest BCUT2D eigenvalue weighted by Crippen LogP contribution is -2.57. The molecular weight excluding hydrogens is 470 g/mol. The summed E-state index contributed by atoms with van der Waals surface area (Å²) < 4.78 is 40.9. The molecule has 31 heavy (non-hydrogen) atoms. The van der Waals surface area contributed by atoms with Crippen LogP contribution in [0.4, 0.5) is 8.78 Å². The van der Waals surface area contributed by atoms with Gasteiger partial charge in [0.15, 0.2) is 5.41 Å². The van der Waals surface area contributed by atoms with Gasteiger partial charge in [-0.05, 0) is 42.5 Å². The lowest BCUT2D eigenvalue weighted by atomic mass is 9.53. The predicted molar refractivity (Wildman–Crippen MR) is 106 cm³/mol. The summed E-state index contributed by atoms with van der Waals surface area (Å²) in [6, 6.07) is 14.6. The first-order valence-electron chi connectivity index (χ1n) is 9.13. The molecule has 0 aromatic heterocycles. The number of ether oxygens (including phenoxy) is 2. The second-order valence-electron chi connectivity index (χ2n) is 7.44. The highest BCUT2D eigenvalue weighted by Crippen LogP contribution is 2.69. The van der Waals surface area contributed by atoms with E-state index in [0.29, 0.717) is 4.47 Å². The highest BCUT2D eigenvalue weighted by atomic mass is 79.9. The molecule has 2 aliphatic heterocycles. The molecule has 9 heteroatoms. The van der Waals surface area contributed by atoms with Gasteiger partial charge in [0.2, 0.25) is 17.1 Å². The average Bonchev–Trinajstić information content (AvgIpc) is 2.92. The van der Waals surface area contributed by atoms with E-state index in [1.807, 2.05) is 18.2 Å². The van der Waals surface area contributed by atoms with E-state index in [-0.39, 0.29) is 11.1 Å². The first-order chi connectivity index (χ1) is 14.7. The van der Waals surface area contributed by atoms with E-state index in [2.05, 4.69) is 15.9 Å². The summed E-state index contributed by atoms with van der Waals surface area (Å²) in [6.45, 7) is 1.52. The maximum atomic E-state index is 14.9. The summed E-state index contributed by atoms with van der Waals surface area (Å²) in [5.41, 5.74) is -4.23. The van der Waals surface area contributed by atoms with Gasteiger partial charge in [-0.25, -0.2) is 8.78 Å². The largest absolute Gasteiger partial charge is 0.443 e. The molecule has 2 bridgehead atoms. The van der Waals surface area contributed by atoms with Crippen LogP contribution in [0.5, 0.6) is 0 Å². The van der Waals surface area contributed by atoms with E-state index >= 15 is 0 Å². The Morgan fingerprint density at radius 1 is 1.03 bits per heavy atom. The van der Waals surface area contributed by atoms with Crippen LogP contribution in [0.2, 0.25) is 0 Å². The highest BCUT2D eigenvalue weighted by molar-refractivity contribution is 9.10. The third-order valence-corrected chi connectivity index (χ3v) is 6.65. The second-order valence-corrected chi connectivity index (χ2v) is 8.36. The molecular formula is C22H13BrF2N4O2. The lowest BCUT2D eigenvalue weighted by Gasteiger charge is -2.48. The predicted octanol–water partition coefficient (Wildman–Crippen LogP) is 4.84. The Morgan fingerprint density at radius 2 is 1.68 bits per heavy atom. The third-order valence-electron chi connectivity index (χ3n) is 6.16. The van der Waals surface area contributed by atoms with Crippen LogP contribution in [0.25, 0.3) is 0 Å². The molecule has 2 aromatic rings. The highest BCUT2D eigenvalue weighted by Gasteiger charge is 2.80. The first-order valence-corrected chi connectivity index (χ1v) is 9.92. The molecule has 2 aliphatic rings. The van der Waals surface area contributed by atoms with Crippen molar-refractivity contribution in [3.63, 3.8) is 0 Å². The maximum Gasteiger partial charge on any atom is 0.244 e. The van der Waals surface area contributed by atoms with Crippen molar-refractivity contribution in [1.82, 2.24) is 0 Å². The lowest BCUT2D eigenvalue weighted by molar-refractivity contribution is -0.289. The van der Waals surface area contributed by atoms with Gasteiger partial charge in [0.05, 0.1) is 24.1 Å². The van der Waals surface area contributed by atoms with Crippen molar-refractivity contribution in [2.24, 2.45) is 16.7 Å². The number of nitrogens with one attached hydrogen (secondary N) is 1. The topological polar surface area (TPSA) is 114 Å². The molecule has 0 radical (unpaired) electrons. The van der Waals surface area contributed by atoms with Gasteiger partial charge in [0, 0.05) is 15.6 Å². The number of hydrogen-bond acceptors (Lipinski definition) is 6. The van der Waals surface area contributed by atoms with E-state index in [4.69, 9.17) is 14.9 Å². The van der Waals surface area contributed by atoms with E-state index in [1.165, 1.54) is 31.2 Å². The Hall–Kier alpha value is -3.32. The van der Waals surface area contributed by atoms with Crippen molar-refractivity contribution in [3.8, 4) is 18.2 Å². The van der Waals surface area contributed by atoms with Crippen molar-refractivity contribution < 1.29 is 18.3 Å². The molecule has 0 amide bonds. The number of nitriles is 3. The van der Waals surface area contributed by atoms with Crippen molar-refractivity contribution in [2.45, 2.75) is 18.8 Å². The van der Waals surface area contributed by atoms with Crippen molar-refractivity contribution >= 4 is 21.8 Å². The van der Waals surface area contributed by atoms with Crippen LogP contribution in [-0.4, -0.2) is 5.90 Å². The minimum Gasteiger partial charge on any atom is -0.443 e. The number of fused-ring (bicyclic) bond motifs is 2. The maximum absolute atomic E-state index is 14.9. The number of hydrogen-bond donors (Lipinski definition) is 1. The Labute approximate surface area is 184 Å². The van der Waals surface area contributed by atoms with E-state index in [0.717, 1.165) is 18.2 Å². The fraction of sp³-hybridized carbons (Fsp3) is 0.273. The first kappa shape index (κ1) is 20.9. The van der Waals surface area contributed by atoms with Crippen molar-refractivity contribution in [2.75, 3.05) is 0 Å². The van der Waals surface area contributed by atoms with Gasteiger partial charge < -0.3 is 9.47 Å². The molecule has 4 atom stereocenters. The number of rotatable bonds is 2. The van der Waals surface area contributed by atoms with Crippen LogP contribution < -0.4 is 0 Å². The zero-order valence-corrected chi connectivity index (χ0v) is 17.6. The Bertz CT molecular complexity index is 1220. The van der Waals surface area contributed by atoms with Gasteiger partial charge in [0.1, 0.15) is 17.7 Å². The van der Waals surface area contributed by atoms with E-state index in [1.54, 1.807) is 0 Å². The molecule has 2 saturated heterocycles.